The molecule has 0 saturated carbocycles. The van der Waals surface area contributed by atoms with Crippen LogP contribution >= 0.6 is 0 Å². The van der Waals surface area contributed by atoms with E-state index in [1.54, 1.807) is 5.84 Å². The SMILES string of the molecule is CCCCCCCCCCCCCCCC1=[N+](C)CCN1CCCCCCCCCCCCCCC.COS(=O)(=O)[O-]. The Hall–Kier alpha value is -0.660. The Bertz CT molecular complexity index is 712. The fourth-order valence-electron chi connectivity index (χ4n) is 5.98. The molecule has 0 bridgehead atoms. The van der Waals surface area contributed by atoms with Crippen molar-refractivity contribution in [3.63, 3.8) is 0 Å². The van der Waals surface area contributed by atoms with E-state index in [4.69, 9.17) is 0 Å². The van der Waals surface area contributed by atoms with Crippen molar-refractivity contribution in [1.82, 2.24) is 4.90 Å². The van der Waals surface area contributed by atoms with Gasteiger partial charge in [0, 0.05) is 6.42 Å². The first-order valence-corrected chi connectivity index (χ1v) is 19.5. The summed E-state index contributed by atoms with van der Waals surface area (Å²) in [6.45, 7) is 8.42. The maximum Gasteiger partial charge on any atom is 0.246 e. The summed E-state index contributed by atoms with van der Waals surface area (Å²) in [5, 5.41) is 0. The lowest BCUT2D eigenvalue weighted by molar-refractivity contribution is -0.487. The molecule has 0 unspecified atom stereocenters. The van der Waals surface area contributed by atoms with Crippen LogP contribution in [0.15, 0.2) is 0 Å². The Morgan fingerprint density at radius 1 is 0.619 bits per heavy atom. The van der Waals surface area contributed by atoms with E-state index in [0.29, 0.717) is 0 Å². The number of likely N-dealkylation sites (N-methyl/N-ethyl adjacent to an activating group) is 1. The molecule has 0 fully saturated rings. The topological polar surface area (TPSA) is 72.7 Å². The van der Waals surface area contributed by atoms with Crippen LogP contribution in [0.3, 0.4) is 0 Å². The smallest absolute Gasteiger partial charge is 0.246 e. The molecule has 0 aliphatic carbocycles. The maximum atomic E-state index is 9.22. The van der Waals surface area contributed by atoms with Crippen molar-refractivity contribution in [2.24, 2.45) is 0 Å². The molecular formula is C35H72N2O4S. The lowest BCUT2D eigenvalue weighted by atomic mass is 10.0. The number of nitrogens with zero attached hydrogens (tertiary/aromatic N) is 2. The van der Waals surface area contributed by atoms with Crippen molar-refractivity contribution in [3.05, 3.63) is 0 Å². The summed E-state index contributed by atoms with van der Waals surface area (Å²) < 4.78 is 33.6. The van der Waals surface area contributed by atoms with Crippen LogP contribution in [0.2, 0.25) is 0 Å². The molecule has 0 aromatic carbocycles. The fraction of sp³-hybridized carbons (Fsp3) is 0.971. The minimum atomic E-state index is -4.41. The quantitative estimate of drug-likeness (QED) is 0.0362. The highest BCUT2D eigenvalue weighted by Crippen LogP contribution is 2.16. The predicted octanol–water partition coefficient (Wildman–Crippen LogP) is 10.0. The first kappa shape index (κ1) is 41.3. The van der Waals surface area contributed by atoms with Gasteiger partial charge in [0.1, 0.15) is 13.1 Å². The van der Waals surface area contributed by atoms with Crippen LogP contribution in [0.25, 0.3) is 0 Å². The molecule has 1 aliphatic rings. The van der Waals surface area contributed by atoms with Crippen molar-refractivity contribution in [2.75, 3.05) is 33.8 Å². The van der Waals surface area contributed by atoms with Crippen molar-refractivity contribution in [3.8, 4) is 0 Å². The van der Waals surface area contributed by atoms with E-state index in [0.717, 1.165) is 7.11 Å². The molecule has 7 heteroatoms. The zero-order chi connectivity index (χ0) is 31.2. The highest BCUT2D eigenvalue weighted by Gasteiger charge is 2.26. The fourth-order valence-corrected chi connectivity index (χ4v) is 5.98. The van der Waals surface area contributed by atoms with Gasteiger partial charge in [-0.25, -0.2) is 8.42 Å². The van der Waals surface area contributed by atoms with Crippen LogP contribution in [-0.2, 0) is 14.6 Å². The summed E-state index contributed by atoms with van der Waals surface area (Å²) in [5.41, 5.74) is 0. The molecule has 0 amide bonds. The molecule has 1 aliphatic heterocycles. The van der Waals surface area contributed by atoms with Gasteiger partial charge in [-0.05, 0) is 19.3 Å². The van der Waals surface area contributed by atoms with Gasteiger partial charge in [0.15, 0.2) is 0 Å². The van der Waals surface area contributed by atoms with Crippen LogP contribution in [0.1, 0.15) is 187 Å². The first-order chi connectivity index (χ1) is 20.4. The Morgan fingerprint density at radius 2 is 0.929 bits per heavy atom. The zero-order valence-corrected chi connectivity index (χ0v) is 29.5. The summed E-state index contributed by atoms with van der Waals surface area (Å²) in [5.74, 6) is 1.65. The van der Waals surface area contributed by atoms with E-state index in [1.807, 2.05) is 0 Å². The Kier molecular flexibility index (Phi) is 29.9. The Labute approximate surface area is 263 Å². The van der Waals surface area contributed by atoms with E-state index < -0.39 is 10.4 Å². The van der Waals surface area contributed by atoms with Crippen molar-refractivity contribution in [1.29, 1.82) is 0 Å². The molecule has 0 atom stereocenters. The summed E-state index contributed by atoms with van der Waals surface area (Å²) in [4.78, 5) is 2.72. The van der Waals surface area contributed by atoms with E-state index >= 15 is 0 Å². The molecule has 1 rings (SSSR count). The number of amidine groups is 1. The molecule has 0 radical (unpaired) electrons. The van der Waals surface area contributed by atoms with E-state index in [-0.39, 0.29) is 0 Å². The van der Waals surface area contributed by atoms with Crippen LogP contribution in [0.4, 0.5) is 0 Å². The number of hydrogen-bond acceptors (Lipinski definition) is 5. The number of rotatable bonds is 29. The van der Waals surface area contributed by atoms with Gasteiger partial charge in [-0.15, -0.1) is 0 Å². The molecule has 0 saturated heterocycles. The maximum absolute atomic E-state index is 9.22. The molecule has 0 spiro atoms. The summed E-state index contributed by atoms with van der Waals surface area (Å²) in [6.07, 6.45) is 39.0. The molecule has 0 aromatic rings. The third-order valence-corrected chi connectivity index (χ3v) is 9.16. The molecule has 1 heterocycles. The first-order valence-electron chi connectivity index (χ1n) is 18.2. The standard InChI is InChI=1S/C34H69N2.CH4O4S/c1-4-6-8-10-12-14-16-18-20-22-24-26-28-30-34-35(3)32-33-36(34)31-29-27-25-23-21-19-17-15-13-11-9-7-5-2;1-5-6(2,3)4/h4-33H2,1-3H3;1H3,(H,2,3,4)/q+1;/p-1. The predicted molar refractivity (Wildman–Crippen MR) is 180 cm³/mol. The largest absolute Gasteiger partial charge is 0.726 e. The normalized spacial score (nSPS) is 13.6. The van der Waals surface area contributed by atoms with Gasteiger partial charge >= 0.3 is 0 Å². The third kappa shape index (κ3) is 28.1. The van der Waals surface area contributed by atoms with Crippen LogP contribution < -0.4 is 0 Å². The summed E-state index contributed by atoms with van der Waals surface area (Å²) >= 11 is 0. The van der Waals surface area contributed by atoms with Gasteiger partial charge < -0.3 is 4.55 Å². The van der Waals surface area contributed by atoms with E-state index in [9.17, 15) is 13.0 Å². The second-order valence-corrected chi connectivity index (χ2v) is 13.8. The van der Waals surface area contributed by atoms with Crippen molar-refractivity contribution >= 4 is 16.2 Å². The van der Waals surface area contributed by atoms with Crippen molar-refractivity contribution < 1.29 is 21.7 Å². The number of unbranched alkanes of at least 4 members (excludes halogenated alkanes) is 24. The monoisotopic (exact) mass is 617 g/mol. The van der Waals surface area contributed by atoms with Gasteiger partial charge in [0.05, 0.1) is 20.7 Å². The van der Waals surface area contributed by atoms with Gasteiger partial charge in [-0.3, -0.25) is 13.7 Å². The highest BCUT2D eigenvalue weighted by molar-refractivity contribution is 7.80. The summed E-state index contributed by atoms with van der Waals surface area (Å²) in [7, 11) is -1.28. The third-order valence-electron chi connectivity index (χ3n) is 8.75. The Morgan fingerprint density at radius 3 is 1.26 bits per heavy atom. The second kappa shape index (κ2) is 30.4. The van der Waals surface area contributed by atoms with Crippen LogP contribution in [-0.4, -0.2) is 62.1 Å². The van der Waals surface area contributed by atoms with E-state index in [2.05, 4.69) is 34.6 Å². The molecule has 6 nitrogen and oxygen atoms in total. The number of hydrogen-bond donors (Lipinski definition) is 0. The lowest BCUT2D eigenvalue weighted by Gasteiger charge is -2.13. The van der Waals surface area contributed by atoms with Gasteiger partial charge in [-0.2, -0.15) is 0 Å². The molecule has 252 valence electrons. The second-order valence-electron chi connectivity index (χ2n) is 12.6. The zero-order valence-electron chi connectivity index (χ0n) is 28.6. The molecular weight excluding hydrogens is 544 g/mol. The van der Waals surface area contributed by atoms with Crippen LogP contribution in [0.5, 0.6) is 0 Å². The van der Waals surface area contributed by atoms with Gasteiger partial charge in [0.2, 0.25) is 16.2 Å². The van der Waals surface area contributed by atoms with Crippen LogP contribution in [0, 0.1) is 0 Å². The van der Waals surface area contributed by atoms with Gasteiger partial charge in [-0.1, -0.05) is 162 Å². The highest BCUT2D eigenvalue weighted by atomic mass is 32.3. The minimum absolute atomic E-state index is 0.808. The molecule has 0 aromatic heterocycles. The van der Waals surface area contributed by atoms with E-state index in [1.165, 1.54) is 193 Å². The molecule has 0 N–H and O–H groups in total. The average Bonchev–Trinajstić information content (AvgIpc) is 3.32. The average molecular weight is 617 g/mol. The summed E-state index contributed by atoms with van der Waals surface area (Å²) in [6, 6.07) is 0. The lowest BCUT2D eigenvalue weighted by Crippen LogP contribution is -2.30. The molecule has 42 heavy (non-hydrogen) atoms. The Balaban J connectivity index is 0.00000252. The van der Waals surface area contributed by atoms with Crippen molar-refractivity contribution in [2.45, 2.75) is 187 Å². The minimum Gasteiger partial charge on any atom is -0.726 e. The van der Waals surface area contributed by atoms with Gasteiger partial charge in [0.25, 0.3) is 0 Å².